The Hall–Kier alpha value is -1.18. The maximum Gasteiger partial charge on any atom is 0.118 e. The molecule has 0 aliphatic rings. The Morgan fingerprint density at radius 1 is 1.47 bits per heavy atom. The average molecular weight is 222 g/mol. The number of rotatable bonds is 5. The molecule has 15 heavy (non-hydrogen) atoms. The fourth-order valence-electron chi connectivity index (χ4n) is 1.06. The van der Waals surface area contributed by atoms with E-state index in [1.165, 1.54) is 5.56 Å². The van der Waals surface area contributed by atoms with Crippen LogP contribution in [0.2, 0.25) is 0 Å². The molecule has 0 aromatic heterocycles. The number of nitrogens with two attached hydrogens (primary N) is 1. The molecule has 1 atom stereocenters. The molecule has 0 aliphatic carbocycles. The zero-order valence-electron chi connectivity index (χ0n) is 8.64. The van der Waals surface area contributed by atoms with Crippen molar-refractivity contribution in [2.75, 3.05) is 12.9 Å². The number of nitrogens with zero attached hydrogens (tertiary/aromatic N) is 1. The molecule has 1 unspecified atom stereocenters. The Bertz CT molecular complexity index is 331. The van der Waals surface area contributed by atoms with E-state index in [4.69, 9.17) is 15.7 Å². The first-order valence-electron chi connectivity index (χ1n) is 4.62. The minimum Gasteiger partial charge on any atom is -0.497 e. The molecule has 2 N–H and O–H groups in total. The van der Waals surface area contributed by atoms with Crippen molar-refractivity contribution in [1.29, 1.82) is 5.26 Å². The average Bonchev–Trinajstić information content (AvgIpc) is 2.29. The van der Waals surface area contributed by atoms with Crippen LogP contribution in [0.15, 0.2) is 24.3 Å². The number of hydrogen-bond acceptors (Lipinski definition) is 4. The van der Waals surface area contributed by atoms with Crippen LogP contribution in [0.1, 0.15) is 5.56 Å². The molecule has 0 amide bonds. The SMILES string of the molecule is COc1ccc(CSCC(N)C#N)cc1. The van der Waals surface area contributed by atoms with Crippen LogP contribution in [0, 0.1) is 11.3 Å². The highest BCUT2D eigenvalue weighted by molar-refractivity contribution is 7.98. The second-order valence-corrected chi connectivity index (χ2v) is 4.13. The monoisotopic (exact) mass is 222 g/mol. The standard InChI is InChI=1S/C11H14N2OS/c1-14-11-4-2-9(3-5-11)7-15-8-10(13)6-12/h2-5,10H,7-8,13H2,1H3. The minimum absolute atomic E-state index is 0.367. The van der Waals surface area contributed by atoms with Crippen molar-refractivity contribution in [3.8, 4) is 11.8 Å². The molecule has 0 heterocycles. The Balaban J connectivity index is 2.35. The number of methoxy groups -OCH3 is 1. The summed E-state index contributed by atoms with van der Waals surface area (Å²) in [5, 5.41) is 8.50. The van der Waals surface area contributed by atoms with E-state index in [2.05, 4.69) is 0 Å². The summed E-state index contributed by atoms with van der Waals surface area (Å²) in [5.74, 6) is 2.40. The van der Waals surface area contributed by atoms with Gasteiger partial charge in [-0.1, -0.05) is 12.1 Å². The highest BCUT2D eigenvalue weighted by atomic mass is 32.2. The fraction of sp³-hybridized carbons (Fsp3) is 0.364. The lowest BCUT2D eigenvalue weighted by Crippen LogP contribution is -2.19. The van der Waals surface area contributed by atoms with Gasteiger partial charge in [-0.15, -0.1) is 0 Å². The van der Waals surface area contributed by atoms with Gasteiger partial charge in [-0.25, -0.2) is 0 Å². The smallest absolute Gasteiger partial charge is 0.118 e. The zero-order valence-corrected chi connectivity index (χ0v) is 9.46. The molecule has 1 aromatic rings. The number of nitriles is 1. The van der Waals surface area contributed by atoms with E-state index in [0.29, 0.717) is 5.75 Å². The van der Waals surface area contributed by atoms with E-state index in [0.717, 1.165) is 11.5 Å². The van der Waals surface area contributed by atoms with Gasteiger partial charge in [0.15, 0.2) is 0 Å². The summed E-state index contributed by atoms with van der Waals surface area (Å²) in [6, 6.07) is 9.54. The molecule has 0 fully saturated rings. The number of ether oxygens (including phenoxy) is 1. The topological polar surface area (TPSA) is 59.0 Å². The summed E-state index contributed by atoms with van der Waals surface area (Å²) in [5.41, 5.74) is 6.69. The van der Waals surface area contributed by atoms with Crippen LogP contribution in [0.3, 0.4) is 0 Å². The first-order chi connectivity index (χ1) is 7.26. The van der Waals surface area contributed by atoms with E-state index in [9.17, 15) is 0 Å². The molecule has 0 radical (unpaired) electrons. The predicted molar refractivity (Wildman–Crippen MR) is 62.7 cm³/mol. The first kappa shape index (κ1) is 11.9. The molecule has 0 saturated carbocycles. The molecular weight excluding hydrogens is 208 g/mol. The van der Waals surface area contributed by atoms with Gasteiger partial charge in [0.2, 0.25) is 0 Å². The molecule has 0 saturated heterocycles. The molecule has 0 bridgehead atoms. The Kier molecular flexibility index (Phi) is 5.02. The summed E-state index contributed by atoms with van der Waals surface area (Å²) < 4.78 is 5.06. The Labute approximate surface area is 94.2 Å². The minimum atomic E-state index is -0.367. The van der Waals surface area contributed by atoms with Crippen molar-refractivity contribution in [2.24, 2.45) is 5.73 Å². The molecule has 80 valence electrons. The van der Waals surface area contributed by atoms with Crippen LogP contribution in [0.25, 0.3) is 0 Å². The third-order valence-electron chi connectivity index (χ3n) is 1.89. The number of benzene rings is 1. The molecule has 0 aliphatic heterocycles. The fourth-order valence-corrected chi connectivity index (χ4v) is 1.94. The van der Waals surface area contributed by atoms with Crippen LogP contribution < -0.4 is 10.5 Å². The summed E-state index contributed by atoms with van der Waals surface area (Å²) in [7, 11) is 1.65. The van der Waals surface area contributed by atoms with Crippen molar-refractivity contribution in [1.82, 2.24) is 0 Å². The van der Waals surface area contributed by atoms with Gasteiger partial charge in [0.05, 0.1) is 13.2 Å². The van der Waals surface area contributed by atoms with Gasteiger partial charge in [0.1, 0.15) is 11.8 Å². The predicted octanol–water partition coefficient (Wildman–Crippen LogP) is 1.78. The lowest BCUT2D eigenvalue weighted by molar-refractivity contribution is 0.414. The number of hydrogen-bond donors (Lipinski definition) is 1. The van der Waals surface area contributed by atoms with Gasteiger partial charge in [0.25, 0.3) is 0 Å². The summed E-state index contributed by atoms with van der Waals surface area (Å²) >= 11 is 1.66. The highest BCUT2D eigenvalue weighted by Crippen LogP contribution is 2.16. The molecule has 4 heteroatoms. The van der Waals surface area contributed by atoms with Crippen molar-refractivity contribution >= 4 is 11.8 Å². The second kappa shape index (κ2) is 6.33. The van der Waals surface area contributed by atoms with E-state index >= 15 is 0 Å². The highest BCUT2D eigenvalue weighted by Gasteiger charge is 2.00. The quantitative estimate of drug-likeness (QED) is 0.825. The molecule has 0 spiro atoms. The van der Waals surface area contributed by atoms with Gasteiger partial charge in [0, 0.05) is 11.5 Å². The maximum atomic E-state index is 8.50. The van der Waals surface area contributed by atoms with Crippen molar-refractivity contribution < 1.29 is 4.74 Å². The van der Waals surface area contributed by atoms with Gasteiger partial charge in [-0.2, -0.15) is 17.0 Å². The lowest BCUT2D eigenvalue weighted by atomic mass is 10.2. The van der Waals surface area contributed by atoms with Gasteiger partial charge in [-0.05, 0) is 17.7 Å². The second-order valence-electron chi connectivity index (χ2n) is 3.10. The van der Waals surface area contributed by atoms with Gasteiger partial charge in [-0.3, -0.25) is 0 Å². The van der Waals surface area contributed by atoms with E-state index in [1.807, 2.05) is 30.3 Å². The zero-order chi connectivity index (χ0) is 11.1. The van der Waals surface area contributed by atoms with Crippen molar-refractivity contribution in [3.05, 3.63) is 29.8 Å². The third-order valence-corrected chi connectivity index (χ3v) is 3.02. The normalized spacial score (nSPS) is 11.8. The summed E-state index contributed by atoms with van der Waals surface area (Å²) in [6.45, 7) is 0. The van der Waals surface area contributed by atoms with Crippen LogP contribution in [-0.4, -0.2) is 18.9 Å². The Morgan fingerprint density at radius 2 is 2.13 bits per heavy atom. The van der Waals surface area contributed by atoms with Gasteiger partial charge < -0.3 is 10.5 Å². The van der Waals surface area contributed by atoms with Crippen molar-refractivity contribution in [3.63, 3.8) is 0 Å². The largest absolute Gasteiger partial charge is 0.497 e. The lowest BCUT2D eigenvalue weighted by Gasteiger charge is -2.04. The van der Waals surface area contributed by atoms with Crippen LogP contribution in [-0.2, 0) is 5.75 Å². The third kappa shape index (κ3) is 4.24. The molecule has 1 rings (SSSR count). The van der Waals surface area contributed by atoms with Crippen LogP contribution >= 0.6 is 11.8 Å². The first-order valence-corrected chi connectivity index (χ1v) is 5.77. The van der Waals surface area contributed by atoms with Crippen LogP contribution in [0.4, 0.5) is 0 Å². The van der Waals surface area contributed by atoms with Gasteiger partial charge >= 0.3 is 0 Å². The Morgan fingerprint density at radius 3 is 2.67 bits per heavy atom. The van der Waals surface area contributed by atoms with E-state index in [-0.39, 0.29) is 6.04 Å². The summed E-state index contributed by atoms with van der Waals surface area (Å²) in [4.78, 5) is 0. The van der Waals surface area contributed by atoms with Crippen molar-refractivity contribution in [2.45, 2.75) is 11.8 Å². The summed E-state index contributed by atoms with van der Waals surface area (Å²) in [6.07, 6.45) is 0. The van der Waals surface area contributed by atoms with Crippen LogP contribution in [0.5, 0.6) is 5.75 Å². The molecular formula is C11H14N2OS. The molecule has 1 aromatic carbocycles. The number of thioether (sulfide) groups is 1. The molecule has 3 nitrogen and oxygen atoms in total. The maximum absolute atomic E-state index is 8.50. The van der Waals surface area contributed by atoms with E-state index < -0.39 is 0 Å². The van der Waals surface area contributed by atoms with E-state index in [1.54, 1.807) is 18.9 Å².